The first-order valence-corrected chi connectivity index (χ1v) is 17.8. The van der Waals surface area contributed by atoms with Gasteiger partial charge in [0.05, 0.1) is 13.2 Å². The molecule has 0 saturated carbocycles. The van der Waals surface area contributed by atoms with Gasteiger partial charge in [0, 0.05) is 13.0 Å². The Bertz CT molecular complexity index is 519. The fourth-order valence-corrected chi connectivity index (χ4v) is 5.15. The number of carbonyl (C=O) groups is 1. The van der Waals surface area contributed by atoms with E-state index in [-0.39, 0.29) is 12.6 Å². The Morgan fingerprint density at radius 1 is 0.575 bits per heavy atom. The lowest BCUT2D eigenvalue weighted by Gasteiger charge is -2.15. The lowest BCUT2D eigenvalue weighted by Crippen LogP contribution is -2.27. The van der Waals surface area contributed by atoms with Crippen LogP contribution in [0.3, 0.4) is 0 Å². The fourth-order valence-electron chi connectivity index (χ4n) is 5.15. The number of hydrogen-bond acceptors (Lipinski definition) is 4. The van der Waals surface area contributed by atoms with E-state index in [1.807, 2.05) is 0 Å². The molecular formula is C36H70O4. The summed E-state index contributed by atoms with van der Waals surface area (Å²) in [6.07, 6.45) is 38.3. The van der Waals surface area contributed by atoms with Crippen molar-refractivity contribution in [2.24, 2.45) is 0 Å². The average molecular weight is 567 g/mol. The lowest BCUT2D eigenvalue weighted by atomic mass is 10.0. The molecule has 4 heteroatoms. The minimum atomic E-state index is -0.530. The third-order valence-corrected chi connectivity index (χ3v) is 7.82. The molecule has 0 rings (SSSR count). The van der Waals surface area contributed by atoms with Crippen molar-refractivity contribution in [1.82, 2.24) is 0 Å². The van der Waals surface area contributed by atoms with Crippen molar-refractivity contribution in [3.8, 4) is 0 Å². The zero-order valence-electron chi connectivity index (χ0n) is 27.1. The lowest BCUT2D eigenvalue weighted by molar-refractivity contribution is -0.154. The number of hydrogen-bond donors (Lipinski definition) is 1. The van der Waals surface area contributed by atoms with Crippen LogP contribution in [-0.2, 0) is 14.3 Å². The first kappa shape index (κ1) is 39.1. The van der Waals surface area contributed by atoms with Gasteiger partial charge in [0.25, 0.3) is 0 Å². The van der Waals surface area contributed by atoms with E-state index in [0.717, 1.165) is 19.3 Å². The molecule has 0 radical (unpaired) electrons. The molecule has 0 heterocycles. The Hall–Kier alpha value is -0.870. The van der Waals surface area contributed by atoms with E-state index in [0.29, 0.717) is 19.6 Å². The highest BCUT2D eigenvalue weighted by Gasteiger charge is 2.13. The molecule has 0 bridgehead atoms. The maximum Gasteiger partial charge on any atom is 0.306 e. The van der Waals surface area contributed by atoms with E-state index in [4.69, 9.17) is 9.47 Å². The van der Waals surface area contributed by atoms with Crippen LogP contribution in [0.15, 0.2) is 12.2 Å². The predicted octanol–water partition coefficient (Wildman–Crippen LogP) is 11.0. The van der Waals surface area contributed by atoms with E-state index in [1.54, 1.807) is 0 Å². The Labute approximate surface area is 250 Å². The second-order valence-corrected chi connectivity index (χ2v) is 11.9. The van der Waals surface area contributed by atoms with Crippen LogP contribution in [0.25, 0.3) is 0 Å². The summed E-state index contributed by atoms with van der Waals surface area (Å²) in [6.45, 7) is 5.30. The number of carbonyl (C=O) groups excluding carboxylic acids is 1. The molecule has 0 amide bonds. The Balaban J connectivity index is 3.37. The number of esters is 1. The summed E-state index contributed by atoms with van der Waals surface area (Å²) < 4.78 is 11.1. The number of allylic oxidation sites excluding steroid dienone is 2. The first-order chi connectivity index (χ1) is 19.7. The second-order valence-electron chi connectivity index (χ2n) is 11.9. The highest BCUT2D eigenvalue weighted by molar-refractivity contribution is 5.69. The summed E-state index contributed by atoms with van der Waals surface area (Å²) in [6, 6.07) is 0. The average Bonchev–Trinajstić information content (AvgIpc) is 2.96. The molecular weight excluding hydrogens is 496 g/mol. The predicted molar refractivity (Wildman–Crippen MR) is 173 cm³/mol. The van der Waals surface area contributed by atoms with Gasteiger partial charge in [0.2, 0.25) is 0 Å². The van der Waals surface area contributed by atoms with Crippen LogP contribution >= 0.6 is 0 Å². The molecule has 0 aromatic rings. The van der Waals surface area contributed by atoms with Gasteiger partial charge in [-0.1, -0.05) is 161 Å². The highest BCUT2D eigenvalue weighted by atomic mass is 16.6. The first-order valence-electron chi connectivity index (χ1n) is 17.8. The Kier molecular flexibility index (Phi) is 33.6. The van der Waals surface area contributed by atoms with Crippen molar-refractivity contribution in [2.45, 2.75) is 193 Å². The molecule has 0 aliphatic carbocycles. The molecule has 0 aliphatic heterocycles. The highest BCUT2D eigenvalue weighted by Crippen LogP contribution is 2.14. The van der Waals surface area contributed by atoms with E-state index < -0.39 is 6.10 Å². The molecule has 1 N–H and O–H groups in total. The van der Waals surface area contributed by atoms with Crippen molar-refractivity contribution in [2.75, 3.05) is 19.8 Å². The van der Waals surface area contributed by atoms with Gasteiger partial charge in [-0.15, -0.1) is 0 Å². The normalized spacial score (nSPS) is 12.4. The van der Waals surface area contributed by atoms with Crippen molar-refractivity contribution in [3.63, 3.8) is 0 Å². The molecule has 40 heavy (non-hydrogen) atoms. The van der Waals surface area contributed by atoms with Crippen molar-refractivity contribution in [1.29, 1.82) is 0 Å². The molecule has 0 aliphatic rings. The third-order valence-electron chi connectivity index (χ3n) is 7.82. The van der Waals surface area contributed by atoms with Crippen LogP contribution in [0.2, 0.25) is 0 Å². The van der Waals surface area contributed by atoms with Crippen LogP contribution in [-0.4, -0.2) is 37.0 Å². The van der Waals surface area contributed by atoms with Gasteiger partial charge in [0.15, 0.2) is 0 Å². The summed E-state index contributed by atoms with van der Waals surface area (Å²) in [5.74, 6) is -0.210. The third kappa shape index (κ3) is 31.7. The van der Waals surface area contributed by atoms with Crippen LogP contribution in [0.4, 0.5) is 0 Å². The number of rotatable bonds is 33. The van der Waals surface area contributed by atoms with Gasteiger partial charge in [0.1, 0.15) is 6.10 Å². The van der Waals surface area contributed by atoms with Gasteiger partial charge in [-0.2, -0.15) is 0 Å². The molecule has 0 fully saturated rings. The summed E-state index contributed by atoms with van der Waals surface area (Å²) in [5.41, 5.74) is 0. The van der Waals surface area contributed by atoms with E-state index in [9.17, 15) is 9.90 Å². The molecule has 1 unspecified atom stereocenters. The summed E-state index contributed by atoms with van der Waals surface area (Å²) in [4.78, 5) is 12.1. The minimum absolute atomic E-state index is 0.170. The number of ether oxygens (including phenoxy) is 2. The molecule has 0 aromatic heterocycles. The minimum Gasteiger partial charge on any atom is -0.457 e. The zero-order chi connectivity index (χ0) is 29.2. The van der Waals surface area contributed by atoms with E-state index in [1.165, 1.54) is 148 Å². The van der Waals surface area contributed by atoms with Gasteiger partial charge in [-0.3, -0.25) is 4.79 Å². The van der Waals surface area contributed by atoms with Gasteiger partial charge >= 0.3 is 5.97 Å². The van der Waals surface area contributed by atoms with E-state index in [2.05, 4.69) is 26.0 Å². The van der Waals surface area contributed by atoms with Crippen LogP contribution in [0, 0.1) is 0 Å². The standard InChI is InChI=1S/C36H70O4/c1-3-5-7-9-11-13-15-16-17-18-19-20-21-22-24-26-28-30-32-39-34-35(33-37)40-36(38)31-29-27-25-23-14-12-10-8-6-4-2/h8,10,35,37H,3-7,9,11-34H2,1-2H3/b10-8-. The molecule has 4 nitrogen and oxygen atoms in total. The number of unbranched alkanes of at least 4 members (excludes halogenated alkanes) is 23. The SMILES string of the molecule is CCC/C=C\CCCCCCCC(=O)OC(CO)COCCCCCCCCCCCCCCCCCCCC. The van der Waals surface area contributed by atoms with Gasteiger partial charge in [-0.25, -0.2) is 0 Å². The Morgan fingerprint density at radius 2 is 1.02 bits per heavy atom. The molecule has 0 spiro atoms. The largest absolute Gasteiger partial charge is 0.457 e. The van der Waals surface area contributed by atoms with Crippen molar-refractivity contribution in [3.05, 3.63) is 12.2 Å². The number of aliphatic hydroxyl groups is 1. The molecule has 0 aromatic carbocycles. The maximum atomic E-state index is 12.1. The number of aliphatic hydroxyl groups excluding tert-OH is 1. The van der Waals surface area contributed by atoms with Crippen LogP contribution in [0.5, 0.6) is 0 Å². The topological polar surface area (TPSA) is 55.8 Å². The van der Waals surface area contributed by atoms with Gasteiger partial charge in [-0.05, 0) is 32.1 Å². The quantitative estimate of drug-likeness (QED) is 0.0487. The maximum absolute atomic E-state index is 12.1. The van der Waals surface area contributed by atoms with Crippen molar-refractivity contribution >= 4 is 5.97 Å². The smallest absolute Gasteiger partial charge is 0.306 e. The molecule has 1 atom stereocenters. The van der Waals surface area contributed by atoms with Crippen LogP contribution < -0.4 is 0 Å². The Morgan fingerprint density at radius 3 is 1.52 bits per heavy atom. The monoisotopic (exact) mass is 567 g/mol. The second kappa shape index (κ2) is 34.3. The van der Waals surface area contributed by atoms with Crippen LogP contribution in [0.1, 0.15) is 187 Å². The summed E-state index contributed by atoms with van der Waals surface area (Å²) >= 11 is 0. The summed E-state index contributed by atoms with van der Waals surface area (Å²) in [5, 5.41) is 9.52. The summed E-state index contributed by atoms with van der Waals surface area (Å²) in [7, 11) is 0. The van der Waals surface area contributed by atoms with E-state index >= 15 is 0 Å². The van der Waals surface area contributed by atoms with Gasteiger partial charge < -0.3 is 14.6 Å². The molecule has 0 saturated heterocycles. The fraction of sp³-hybridized carbons (Fsp3) is 0.917. The zero-order valence-corrected chi connectivity index (χ0v) is 27.1. The molecule has 238 valence electrons. The van der Waals surface area contributed by atoms with Crippen molar-refractivity contribution < 1.29 is 19.4 Å².